The maximum absolute atomic E-state index is 13.1. The molecule has 0 fully saturated rings. The first-order chi connectivity index (χ1) is 11.4. The number of anilines is 1. The molecular weight excluding hydrogens is 320 g/mol. The Morgan fingerprint density at radius 2 is 2.12 bits per heavy atom. The van der Waals surface area contributed by atoms with E-state index >= 15 is 0 Å². The Hall–Kier alpha value is -2.65. The smallest absolute Gasteiger partial charge is 0.268 e. The van der Waals surface area contributed by atoms with Crippen LogP contribution in [0.4, 0.5) is 5.69 Å². The van der Waals surface area contributed by atoms with E-state index in [1.807, 2.05) is 44.6 Å². The van der Waals surface area contributed by atoms with Crippen LogP contribution in [-0.4, -0.2) is 21.7 Å². The van der Waals surface area contributed by atoms with Crippen molar-refractivity contribution < 1.29 is 4.79 Å². The minimum absolute atomic E-state index is 0.0177. The summed E-state index contributed by atoms with van der Waals surface area (Å²) in [6.45, 7) is 5.88. The Balaban J connectivity index is 2.05. The molecule has 0 atom stereocenters. The summed E-state index contributed by atoms with van der Waals surface area (Å²) in [4.78, 5) is 16.5. The van der Waals surface area contributed by atoms with Gasteiger partial charge in [0.15, 0.2) is 0 Å². The first kappa shape index (κ1) is 16.2. The van der Waals surface area contributed by atoms with Gasteiger partial charge >= 0.3 is 0 Å². The van der Waals surface area contributed by atoms with Gasteiger partial charge in [0.05, 0.1) is 22.2 Å². The molecule has 24 heavy (non-hydrogen) atoms. The van der Waals surface area contributed by atoms with Crippen molar-refractivity contribution >= 4 is 33.1 Å². The first-order valence-electron chi connectivity index (χ1n) is 7.69. The summed E-state index contributed by atoms with van der Waals surface area (Å²) in [5, 5.41) is 14.5. The molecule has 0 saturated carbocycles. The molecule has 0 aliphatic heterocycles. The minimum Gasteiger partial charge on any atom is -0.305 e. The molecule has 0 aliphatic carbocycles. The van der Waals surface area contributed by atoms with Gasteiger partial charge in [-0.1, -0.05) is 6.07 Å². The number of rotatable bonds is 3. The lowest BCUT2D eigenvalue weighted by Gasteiger charge is -2.26. The van der Waals surface area contributed by atoms with Gasteiger partial charge < -0.3 is 4.90 Å². The second-order valence-electron chi connectivity index (χ2n) is 5.97. The van der Waals surface area contributed by atoms with Crippen LogP contribution >= 0.6 is 11.3 Å². The number of carbonyl (C=O) groups excluding carboxylic acids is 1. The molecule has 3 rings (SSSR count). The highest BCUT2D eigenvalue weighted by atomic mass is 32.1. The molecule has 122 valence electrons. The number of fused-ring (bicyclic) bond motifs is 1. The Bertz CT molecular complexity index is 927. The highest BCUT2D eigenvalue weighted by molar-refractivity contribution is 7.20. The SMILES string of the molecule is Cc1nn(C)c2sc(C(=O)N(c3cccc(C#N)c3)C(C)C)cc12. The molecule has 0 unspecified atom stereocenters. The number of aromatic nitrogens is 2. The molecular formula is C18H18N4OS. The van der Waals surface area contributed by atoms with Crippen molar-refractivity contribution in [2.24, 2.45) is 7.05 Å². The largest absolute Gasteiger partial charge is 0.305 e. The summed E-state index contributed by atoms with van der Waals surface area (Å²) < 4.78 is 1.81. The lowest BCUT2D eigenvalue weighted by Crippen LogP contribution is -2.36. The second kappa shape index (κ2) is 6.10. The topological polar surface area (TPSA) is 61.9 Å². The number of nitriles is 1. The summed E-state index contributed by atoms with van der Waals surface area (Å²) >= 11 is 1.45. The van der Waals surface area contributed by atoms with Crippen LogP contribution in [0.1, 0.15) is 34.8 Å². The van der Waals surface area contributed by atoms with Gasteiger partial charge in [-0.3, -0.25) is 9.48 Å². The zero-order valence-corrected chi connectivity index (χ0v) is 14.9. The van der Waals surface area contributed by atoms with Crippen LogP contribution in [-0.2, 0) is 7.05 Å². The lowest BCUT2D eigenvalue weighted by molar-refractivity contribution is 0.0984. The molecule has 3 aromatic rings. The number of nitrogens with zero attached hydrogens (tertiary/aromatic N) is 4. The zero-order valence-electron chi connectivity index (χ0n) is 14.1. The van der Waals surface area contributed by atoms with Crippen LogP contribution < -0.4 is 4.90 Å². The maximum atomic E-state index is 13.1. The third kappa shape index (κ3) is 2.68. The fourth-order valence-electron chi connectivity index (χ4n) is 2.80. The van der Waals surface area contributed by atoms with Gasteiger partial charge in [-0.2, -0.15) is 10.4 Å². The Morgan fingerprint density at radius 3 is 2.75 bits per heavy atom. The van der Waals surface area contributed by atoms with Crippen molar-refractivity contribution in [3.63, 3.8) is 0 Å². The molecule has 0 bridgehead atoms. The predicted octanol–water partition coefficient (Wildman–Crippen LogP) is 3.87. The highest BCUT2D eigenvalue weighted by Gasteiger charge is 2.24. The first-order valence-corrected chi connectivity index (χ1v) is 8.51. The Labute approximate surface area is 144 Å². The average Bonchev–Trinajstić information content (AvgIpc) is 3.09. The third-order valence-electron chi connectivity index (χ3n) is 3.90. The van der Waals surface area contributed by atoms with Crippen molar-refractivity contribution in [2.75, 3.05) is 4.90 Å². The van der Waals surface area contributed by atoms with Crippen molar-refractivity contribution in [3.05, 3.63) is 46.5 Å². The normalized spacial score (nSPS) is 11.0. The maximum Gasteiger partial charge on any atom is 0.268 e. The number of benzene rings is 1. The summed E-state index contributed by atoms with van der Waals surface area (Å²) in [5.41, 5.74) is 2.20. The van der Waals surface area contributed by atoms with Crippen LogP contribution in [0.15, 0.2) is 30.3 Å². The van der Waals surface area contributed by atoms with Gasteiger partial charge in [0.25, 0.3) is 5.91 Å². The minimum atomic E-state index is -0.0549. The van der Waals surface area contributed by atoms with Crippen molar-refractivity contribution in [1.82, 2.24) is 9.78 Å². The van der Waals surface area contributed by atoms with Gasteiger partial charge in [-0.05, 0) is 45.0 Å². The molecule has 0 saturated heterocycles. The summed E-state index contributed by atoms with van der Waals surface area (Å²) in [7, 11) is 1.89. The molecule has 6 heteroatoms. The van der Waals surface area contributed by atoms with Crippen LogP contribution in [0.2, 0.25) is 0 Å². The van der Waals surface area contributed by atoms with E-state index in [4.69, 9.17) is 5.26 Å². The second-order valence-corrected chi connectivity index (χ2v) is 7.00. The van der Waals surface area contributed by atoms with Crippen LogP contribution in [0.25, 0.3) is 10.2 Å². The monoisotopic (exact) mass is 338 g/mol. The molecule has 0 radical (unpaired) electrons. The molecule has 2 aromatic heterocycles. The average molecular weight is 338 g/mol. The molecule has 0 aliphatic rings. The van der Waals surface area contributed by atoms with Crippen LogP contribution in [0.5, 0.6) is 0 Å². The van der Waals surface area contributed by atoms with Gasteiger partial charge in [-0.25, -0.2) is 0 Å². The molecule has 2 heterocycles. The number of hydrogen-bond acceptors (Lipinski definition) is 4. The number of thiophene rings is 1. The Morgan fingerprint density at radius 1 is 1.38 bits per heavy atom. The van der Waals surface area contributed by atoms with Gasteiger partial charge in [0.1, 0.15) is 4.83 Å². The molecule has 1 aromatic carbocycles. The van der Waals surface area contributed by atoms with Crippen molar-refractivity contribution in [3.8, 4) is 6.07 Å². The highest BCUT2D eigenvalue weighted by Crippen LogP contribution is 2.30. The van der Waals surface area contributed by atoms with E-state index in [0.717, 1.165) is 21.6 Å². The van der Waals surface area contributed by atoms with Gasteiger partial charge in [-0.15, -0.1) is 11.3 Å². The van der Waals surface area contributed by atoms with Crippen molar-refractivity contribution in [1.29, 1.82) is 5.26 Å². The molecule has 0 spiro atoms. The van der Waals surface area contributed by atoms with E-state index < -0.39 is 0 Å². The summed E-state index contributed by atoms with van der Waals surface area (Å²) in [6, 6.07) is 11.2. The van der Waals surface area contributed by atoms with Gasteiger partial charge in [0.2, 0.25) is 0 Å². The number of carbonyl (C=O) groups is 1. The fourth-order valence-corrected chi connectivity index (χ4v) is 3.86. The van der Waals surface area contributed by atoms with E-state index in [9.17, 15) is 4.79 Å². The van der Waals surface area contributed by atoms with E-state index in [1.54, 1.807) is 23.1 Å². The number of aryl methyl sites for hydroxylation is 2. The third-order valence-corrected chi connectivity index (χ3v) is 5.09. The van der Waals surface area contributed by atoms with E-state index in [2.05, 4.69) is 11.2 Å². The summed E-state index contributed by atoms with van der Waals surface area (Å²) in [6.07, 6.45) is 0. The van der Waals surface area contributed by atoms with E-state index in [0.29, 0.717) is 10.4 Å². The number of hydrogen-bond donors (Lipinski definition) is 0. The van der Waals surface area contributed by atoms with Crippen LogP contribution in [0, 0.1) is 18.3 Å². The lowest BCUT2D eigenvalue weighted by atomic mass is 10.1. The van der Waals surface area contributed by atoms with Crippen molar-refractivity contribution in [2.45, 2.75) is 26.8 Å². The molecule has 0 N–H and O–H groups in total. The molecule has 5 nitrogen and oxygen atoms in total. The fraction of sp³-hybridized carbons (Fsp3) is 0.278. The quantitative estimate of drug-likeness (QED) is 0.728. The standard InChI is InChI=1S/C18H18N4OS/c1-11(2)22(14-7-5-6-13(8-14)10-19)17(23)16-9-15-12(3)20-21(4)18(15)24-16/h5-9,11H,1-4H3. The van der Waals surface area contributed by atoms with Crippen LogP contribution in [0.3, 0.4) is 0 Å². The summed E-state index contributed by atoms with van der Waals surface area (Å²) in [5.74, 6) is -0.0549. The predicted molar refractivity (Wildman–Crippen MR) is 96.4 cm³/mol. The van der Waals surface area contributed by atoms with E-state index in [-0.39, 0.29) is 11.9 Å². The Kier molecular flexibility index (Phi) is 4.12. The number of amides is 1. The van der Waals surface area contributed by atoms with Gasteiger partial charge in [0, 0.05) is 24.2 Å². The van der Waals surface area contributed by atoms with E-state index in [1.165, 1.54) is 11.3 Å². The zero-order chi connectivity index (χ0) is 17.4. The molecule has 1 amide bonds.